The lowest BCUT2D eigenvalue weighted by Gasteiger charge is -2.26. The molecule has 0 aliphatic rings. The van der Waals surface area contributed by atoms with Crippen LogP contribution in [0.4, 0.5) is 0 Å². The molecule has 1 aromatic heterocycles. The number of rotatable bonds is 17. The molecule has 0 saturated carbocycles. The van der Waals surface area contributed by atoms with Crippen LogP contribution in [0.5, 0.6) is 0 Å². The fourth-order valence-electron chi connectivity index (χ4n) is 3.37. The van der Waals surface area contributed by atoms with Gasteiger partial charge < -0.3 is 49.0 Å². The zero-order chi connectivity index (χ0) is 28.8. The van der Waals surface area contributed by atoms with E-state index in [2.05, 4.69) is 30.9 Å². The Morgan fingerprint density at radius 2 is 1.61 bits per heavy atom. The number of carbonyl (C=O) groups is 5. The van der Waals surface area contributed by atoms with Crippen molar-refractivity contribution in [3.8, 4) is 0 Å². The number of imidazole rings is 1. The van der Waals surface area contributed by atoms with E-state index in [9.17, 15) is 29.1 Å². The van der Waals surface area contributed by atoms with E-state index in [0.29, 0.717) is 5.69 Å². The van der Waals surface area contributed by atoms with E-state index in [-0.39, 0.29) is 44.6 Å². The van der Waals surface area contributed by atoms with Crippen LogP contribution in [-0.4, -0.2) is 81.3 Å². The average molecular weight is 539 g/mol. The van der Waals surface area contributed by atoms with Crippen LogP contribution in [0.3, 0.4) is 0 Å². The third-order valence-corrected chi connectivity index (χ3v) is 5.45. The minimum atomic E-state index is -1.25. The number of nitrogens with one attached hydrogen (secondary N) is 4. The number of hydrogen-bond acceptors (Lipinski definition) is 8. The number of carboxylic acids is 1. The number of nitrogens with two attached hydrogens (primary N) is 4. The molecular weight excluding hydrogens is 500 g/mol. The number of carboxylic acid groups (broad SMARTS) is 1. The molecule has 4 unspecified atom stereocenters. The lowest BCUT2D eigenvalue weighted by atomic mass is 10.0. The normalized spacial score (nSPS) is 14.0. The summed E-state index contributed by atoms with van der Waals surface area (Å²) in [6.07, 6.45) is 2.96. The molecule has 0 radical (unpaired) electrons. The molecule has 0 aliphatic heterocycles. The van der Waals surface area contributed by atoms with Gasteiger partial charge >= 0.3 is 5.97 Å². The molecule has 0 bridgehead atoms. The fraction of sp³-hybridized carbons (Fsp3) is 0.591. The fourth-order valence-corrected chi connectivity index (χ4v) is 3.37. The number of amides is 4. The highest BCUT2D eigenvalue weighted by Gasteiger charge is 2.31. The van der Waals surface area contributed by atoms with Gasteiger partial charge in [-0.2, -0.15) is 0 Å². The molecule has 4 amide bonds. The second-order valence-corrected chi connectivity index (χ2v) is 9.03. The van der Waals surface area contributed by atoms with Gasteiger partial charge in [0.25, 0.3) is 0 Å². The summed E-state index contributed by atoms with van der Waals surface area (Å²) in [5, 5.41) is 16.9. The zero-order valence-corrected chi connectivity index (χ0v) is 21.5. The monoisotopic (exact) mass is 538 g/mol. The molecule has 16 nitrogen and oxygen atoms in total. The molecule has 0 aliphatic carbocycles. The van der Waals surface area contributed by atoms with Gasteiger partial charge in [0.1, 0.15) is 18.1 Å². The smallest absolute Gasteiger partial charge is 0.326 e. The summed E-state index contributed by atoms with van der Waals surface area (Å²) in [6.45, 7) is 3.39. The molecule has 38 heavy (non-hydrogen) atoms. The first-order valence-corrected chi connectivity index (χ1v) is 12.0. The van der Waals surface area contributed by atoms with Gasteiger partial charge in [-0.25, -0.2) is 9.78 Å². The first kappa shape index (κ1) is 31.8. The second-order valence-electron chi connectivity index (χ2n) is 9.03. The molecule has 0 saturated heterocycles. The lowest BCUT2D eigenvalue weighted by Crippen LogP contribution is -2.57. The average Bonchev–Trinajstić information content (AvgIpc) is 3.33. The number of aromatic amines is 1. The third-order valence-electron chi connectivity index (χ3n) is 5.45. The molecule has 4 atom stereocenters. The van der Waals surface area contributed by atoms with E-state index in [1.807, 2.05) is 0 Å². The van der Waals surface area contributed by atoms with E-state index in [0.717, 1.165) is 0 Å². The summed E-state index contributed by atoms with van der Waals surface area (Å²) in [5.74, 6) is -4.74. The van der Waals surface area contributed by atoms with Gasteiger partial charge in [0.2, 0.25) is 23.6 Å². The van der Waals surface area contributed by atoms with Crippen molar-refractivity contribution >= 4 is 35.6 Å². The minimum Gasteiger partial charge on any atom is -0.480 e. The van der Waals surface area contributed by atoms with Crippen LogP contribution in [0.1, 0.15) is 45.2 Å². The molecule has 16 heteroatoms. The van der Waals surface area contributed by atoms with Gasteiger partial charge in [0.15, 0.2) is 5.96 Å². The van der Waals surface area contributed by atoms with Crippen molar-refractivity contribution in [2.75, 3.05) is 6.54 Å². The van der Waals surface area contributed by atoms with Crippen LogP contribution in [0.15, 0.2) is 17.5 Å². The van der Waals surface area contributed by atoms with Gasteiger partial charge in [0, 0.05) is 31.3 Å². The SMILES string of the molecule is CC(C)C(NC(=O)C(CCCN=C(N)N)NC(=O)C(CCC(N)=O)NC(=O)C(N)Cc1cnc[nH]1)C(=O)O. The Labute approximate surface area is 219 Å². The highest BCUT2D eigenvalue weighted by atomic mass is 16.4. The predicted molar refractivity (Wildman–Crippen MR) is 137 cm³/mol. The summed E-state index contributed by atoms with van der Waals surface area (Å²) in [6, 6.07) is -4.69. The number of guanidine groups is 1. The minimum absolute atomic E-state index is 0.0502. The number of primary amides is 1. The van der Waals surface area contributed by atoms with Crippen molar-refractivity contribution in [1.82, 2.24) is 25.9 Å². The number of carbonyl (C=O) groups excluding carboxylic acids is 4. The molecule has 212 valence electrons. The molecule has 13 N–H and O–H groups in total. The first-order valence-electron chi connectivity index (χ1n) is 12.0. The highest BCUT2D eigenvalue weighted by Crippen LogP contribution is 2.07. The quantitative estimate of drug-likeness (QED) is 0.0543. The standard InChI is InChI=1S/C22H38N10O6/c1-11(2)17(21(37)38)32-20(36)14(4-3-7-28-22(25)26)31-19(35)15(5-6-16(24)33)30-18(34)13(23)8-12-9-27-10-29-12/h9-11,13-15,17H,3-8,23H2,1-2H3,(H2,24,33)(H,27,29)(H,30,34)(H,31,35)(H,32,36)(H,37,38)(H4,25,26,28). The Hall–Kier alpha value is -4.21. The van der Waals surface area contributed by atoms with Crippen molar-refractivity contribution in [3.05, 3.63) is 18.2 Å². The van der Waals surface area contributed by atoms with Crippen LogP contribution in [-0.2, 0) is 30.4 Å². The van der Waals surface area contributed by atoms with E-state index in [1.54, 1.807) is 13.8 Å². The molecular formula is C22H38N10O6. The van der Waals surface area contributed by atoms with Gasteiger partial charge in [0.05, 0.1) is 12.4 Å². The zero-order valence-electron chi connectivity index (χ0n) is 21.5. The van der Waals surface area contributed by atoms with Gasteiger partial charge in [-0.3, -0.25) is 24.2 Å². The Morgan fingerprint density at radius 3 is 2.13 bits per heavy atom. The van der Waals surface area contributed by atoms with Crippen LogP contribution in [0.2, 0.25) is 0 Å². The van der Waals surface area contributed by atoms with Crippen molar-refractivity contribution in [1.29, 1.82) is 0 Å². The van der Waals surface area contributed by atoms with Crippen LogP contribution >= 0.6 is 0 Å². The third kappa shape index (κ3) is 11.7. The molecule has 1 rings (SSSR count). The molecule has 1 aromatic rings. The molecule has 0 spiro atoms. The van der Waals surface area contributed by atoms with Gasteiger partial charge in [-0.05, 0) is 25.2 Å². The largest absolute Gasteiger partial charge is 0.480 e. The number of hydrogen-bond donors (Lipinski definition) is 9. The maximum Gasteiger partial charge on any atom is 0.326 e. The Morgan fingerprint density at radius 1 is 1.00 bits per heavy atom. The second kappa shape index (κ2) is 15.8. The summed E-state index contributed by atoms with van der Waals surface area (Å²) in [5.41, 5.74) is 22.4. The van der Waals surface area contributed by atoms with Crippen LogP contribution in [0.25, 0.3) is 0 Å². The Balaban J connectivity index is 3.03. The summed E-state index contributed by atoms with van der Waals surface area (Å²) < 4.78 is 0. The van der Waals surface area contributed by atoms with Crippen molar-refractivity contribution in [3.63, 3.8) is 0 Å². The molecule has 0 aromatic carbocycles. The highest BCUT2D eigenvalue weighted by molar-refractivity contribution is 5.94. The Kier molecular flexibility index (Phi) is 13.2. The van der Waals surface area contributed by atoms with E-state index < -0.39 is 59.7 Å². The number of aliphatic imine (C=N–C) groups is 1. The predicted octanol–water partition coefficient (Wildman–Crippen LogP) is -3.21. The summed E-state index contributed by atoms with van der Waals surface area (Å²) in [7, 11) is 0. The summed E-state index contributed by atoms with van der Waals surface area (Å²) in [4.78, 5) is 72.2. The maximum absolute atomic E-state index is 13.1. The first-order chi connectivity index (χ1) is 17.8. The maximum atomic E-state index is 13.1. The number of nitrogens with zero attached hydrogens (tertiary/aromatic N) is 2. The Bertz CT molecular complexity index is 977. The number of aromatic nitrogens is 2. The van der Waals surface area contributed by atoms with E-state index in [1.165, 1.54) is 12.5 Å². The van der Waals surface area contributed by atoms with E-state index >= 15 is 0 Å². The number of aliphatic carboxylic acids is 1. The van der Waals surface area contributed by atoms with Crippen LogP contribution in [0, 0.1) is 5.92 Å². The lowest BCUT2D eigenvalue weighted by molar-refractivity contribution is -0.143. The molecule has 0 fully saturated rings. The number of H-pyrrole nitrogens is 1. The van der Waals surface area contributed by atoms with Crippen molar-refractivity contribution < 1.29 is 29.1 Å². The van der Waals surface area contributed by atoms with Gasteiger partial charge in [-0.15, -0.1) is 0 Å². The topological polar surface area (TPSA) is 287 Å². The van der Waals surface area contributed by atoms with Crippen LogP contribution < -0.4 is 38.9 Å². The van der Waals surface area contributed by atoms with Crippen molar-refractivity contribution in [2.45, 2.75) is 70.1 Å². The van der Waals surface area contributed by atoms with Gasteiger partial charge in [-0.1, -0.05) is 13.8 Å². The molecule has 1 heterocycles. The van der Waals surface area contributed by atoms with E-state index in [4.69, 9.17) is 22.9 Å². The van der Waals surface area contributed by atoms with Crippen molar-refractivity contribution in [2.24, 2.45) is 33.8 Å². The summed E-state index contributed by atoms with van der Waals surface area (Å²) >= 11 is 0.